The molecule has 0 saturated carbocycles. The van der Waals surface area contributed by atoms with Crippen molar-refractivity contribution in [3.05, 3.63) is 33.7 Å². The van der Waals surface area contributed by atoms with Gasteiger partial charge < -0.3 is 5.32 Å². The second-order valence-corrected chi connectivity index (χ2v) is 4.01. The number of halogens is 2. The molecule has 0 unspecified atom stereocenters. The number of H-pyrrole nitrogens is 1. The molecule has 0 aromatic carbocycles. The van der Waals surface area contributed by atoms with Crippen LogP contribution < -0.4 is 5.32 Å². The molecule has 0 fully saturated rings. The van der Waals surface area contributed by atoms with Crippen molar-refractivity contribution in [2.75, 3.05) is 5.32 Å². The normalized spacial score (nSPS) is 10.3. The van der Waals surface area contributed by atoms with Crippen LogP contribution in [0.4, 0.5) is 5.82 Å². The molecule has 1 amide bonds. The Labute approximate surface area is 106 Å². The number of hydrogen-bond donors (Lipinski definition) is 2. The lowest BCUT2D eigenvalue weighted by molar-refractivity contribution is 0.102. The molecule has 8 heteroatoms. The number of aromatic nitrogens is 4. The number of carbonyl (C=O) groups is 1. The van der Waals surface area contributed by atoms with Crippen molar-refractivity contribution in [1.82, 2.24) is 20.4 Å². The number of nitrogens with one attached hydrogen (secondary N) is 2. The summed E-state index contributed by atoms with van der Waals surface area (Å²) >= 11 is 11.4. The number of hydrogen-bond acceptors (Lipinski definition) is 4. The monoisotopic (exact) mass is 271 g/mol. The van der Waals surface area contributed by atoms with E-state index >= 15 is 0 Å². The summed E-state index contributed by atoms with van der Waals surface area (Å²) in [5.74, 6) is -0.0465. The van der Waals surface area contributed by atoms with Crippen LogP contribution in [0.1, 0.15) is 16.1 Å². The van der Waals surface area contributed by atoms with Gasteiger partial charge in [-0.2, -0.15) is 5.10 Å². The topological polar surface area (TPSA) is 83.6 Å². The third-order valence-corrected chi connectivity index (χ3v) is 2.38. The summed E-state index contributed by atoms with van der Waals surface area (Å²) in [7, 11) is 0. The van der Waals surface area contributed by atoms with E-state index in [2.05, 4.69) is 25.7 Å². The summed E-state index contributed by atoms with van der Waals surface area (Å²) in [6.45, 7) is 1.82. The van der Waals surface area contributed by atoms with Gasteiger partial charge >= 0.3 is 0 Å². The average Bonchev–Trinajstić information content (AvgIpc) is 2.67. The SMILES string of the molecule is Cc1cc(NC(=O)c2cc(Cl)nnc2Cl)n[nH]1. The van der Waals surface area contributed by atoms with Gasteiger partial charge in [-0.3, -0.25) is 9.89 Å². The van der Waals surface area contributed by atoms with E-state index in [0.29, 0.717) is 5.82 Å². The van der Waals surface area contributed by atoms with E-state index in [1.54, 1.807) is 6.07 Å². The molecule has 2 rings (SSSR count). The van der Waals surface area contributed by atoms with Crippen molar-refractivity contribution in [2.24, 2.45) is 0 Å². The van der Waals surface area contributed by atoms with Gasteiger partial charge in [0.1, 0.15) is 0 Å². The van der Waals surface area contributed by atoms with Crippen LogP contribution in [0.2, 0.25) is 10.3 Å². The largest absolute Gasteiger partial charge is 0.305 e. The zero-order valence-electron chi connectivity index (χ0n) is 8.66. The minimum atomic E-state index is -0.446. The maximum Gasteiger partial charge on any atom is 0.260 e. The molecule has 0 aliphatic carbocycles. The van der Waals surface area contributed by atoms with Crippen molar-refractivity contribution < 1.29 is 4.79 Å². The third-order valence-electron chi connectivity index (χ3n) is 1.91. The minimum absolute atomic E-state index is 0.0147. The van der Waals surface area contributed by atoms with Crippen molar-refractivity contribution in [3.8, 4) is 0 Å². The van der Waals surface area contributed by atoms with Crippen LogP contribution >= 0.6 is 23.2 Å². The molecule has 2 aromatic rings. The number of aryl methyl sites for hydroxylation is 1. The molecule has 0 atom stereocenters. The first-order valence-electron chi connectivity index (χ1n) is 4.58. The molecule has 0 saturated heterocycles. The minimum Gasteiger partial charge on any atom is -0.305 e. The van der Waals surface area contributed by atoms with E-state index in [4.69, 9.17) is 23.2 Å². The lowest BCUT2D eigenvalue weighted by Gasteiger charge is -2.02. The highest BCUT2D eigenvalue weighted by molar-refractivity contribution is 6.34. The Hall–Kier alpha value is -1.66. The lowest BCUT2D eigenvalue weighted by atomic mass is 10.3. The van der Waals surface area contributed by atoms with Crippen LogP contribution in [0.5, 0.6) is 0 Å². The molecule has 0 spiro atoms. The van der Waals surface area contributed by atoms with Gasteiger partial charge in [-0.1, -0.05) is 23.2 Å². The first-order valence-corrected chi connectivity index (χ1v) is 5.34. The maximum absolute atomic E-state index is 11.8. The molecule has 0 aliphatic heterocycles. The Morgan fingerprint density at radius 2 is 2.12 bits per heavy atom. The first-order chi connectivity index (χ1) is 8.06. The predicted octanol–water partition coefficient (Wildman–Crippen LogP) is 2.07. The van der Waals surface area contributed by atoms with Crippen molar-refractivity contribution in [1.29, 1.82) is 0 Å². The average molecular weight is 272 g/mol. The zero-order valence-corrected chi connectivity index (χ0v) is 10.2. The van der Waals surface area contributed by atoms with Crippen molar-refractivity contribution in [3.63, 3.8) is 0 Å². The molecule has 0 aliphatic rings. The van der Waals surface area contributed by atoms with E-state index < -0.39 is 5.91 Å². The Bertz CT molecular complexity index is 568. The third kappa shape index (κ3) is 2.72. The van der Waals surface area contributed by atoms with Gasteiger partial charge in [0.2, 0.25) is 0 Å². The zero-order chi connectivity index (χ0) is 12.4. The van der Waals surface area contributed by atoms with Gasteiger partial charge in [-0.15, -0.1) is 10.2 Å². The van der Waals surface area contributed by atoms with Gasteiger partial charge in [0.15, 0.2) is 16.1 Å². The quantitative estimate of drug-likeness (QED) is 0.876. The highest BCUT2D eigenvalue weighted by atomic mass is 35.5. The summed E-state index contributed by atoms with van der Waals surface area (Å²) in [4.78, 5) is 11.8. The van der Waals surface area contributed by atoms with Gasteiger partial charge in [-0.05, 0) is 13.0 Å². The van der Waals surface area contributed by atoms with Crippen LogP contribution in [0.3, 0.4) is 0 Å². The van der Waals surface area contributed by atoms with Crippen molar-refractivity contribution in [2.45, 2.75) is 6.92 Å². The smallest absolute Gasteiger partial charge is 0.260 e. The summed E-state index contributed by atoms with van der Waals surface area (Å²) < 4.78 is 0. The standard InChI is InChI=1S/C9H7Cl2N5O/c1-4-2-7(15-13-4)12-9(17)5-3-6(10)14-16-8(5)11/h2-3H,1H3,(H2,12,13,15,17). The van der Waals surface area contributed by atoms with Gasteiger partial charge in [0.05, 0.1) is 5.56 Å². The molecule has 0 radical (unpaired) electrons. The number of amides is 1. The predicted molar refractivity (Wildman–Crippen MR) is 63.3 cm³/mol. The maximum atomic E-state index is 11.8. The molecule has 2 N–H and O–H groups in total. The Morgan fingerprint density at radius 1 is 1.35 bits per heavy atom. The van der Waals surface area contributed by atoms with Crippen LogP contribution in [-0.4, -0.2) is 26.3 Å². The molecule has 17 heavy (non-hydrogen) atoms. The van der Waals surface area contributed by atoms with E-state index in [1.165, 1.54) is 6.07 Å². The number of anilines is 1. The lowest BCUT2D eigenvalue weighted by Crippen LogP contribution is -2.13. The van der Waals surface area contributed by atoms with Crippen molar-refractivity contribution >= 4 is 34.9 Å². The highest BCUT2D eigenvalue weighted by Crippen LogP contribution is 2.16. The molecular formula is C9H7Cl2N5O. The fraction of sp³-hybridized carbons (Fsp3) is 0.111. The van der Waals surface area contributed by atoms with Crippen LogP contribution in [-0.2, 0) is 0 Å². The summed E-state index contributed by atoms with van der Waals surface area (Å²) in [6.07, 6.45) is 0. The molecular weight excluding hydrogens is 265 g/mol. The van der Waals surface area contributed by atoms with Gasteiger partial charge in [0.25, 0.3) is 5.91 Å². The molecule has 2 aromatic heterocycles. The second kappa shape index (κ2) is 4.68. The number of nitrogens with zero attached hydrogens (tertiary/aromatic N) is 3. The van der Waals surface area contributed by atoms with E-state index in [9.17, 15) is 4.79 Å². The van der Waals surface area contributed by atoms with Gasteiger partial charge in [0, 0.05) is 11.8 Å². The molecule has 2 heterocycles. The van der Waals surface area contributed by atoms with E-state index in [0.717, 1.165) is 5.69 Å². The number of carbonyl (C=O) groups excluding carboxylic acids is 1. The summed E-state index contributed by atoms with van der Waals surface area (Å²) in [5, 5.41) is 16.3. The fourth-order valence-corrected chi connectivity index (χ4v) is 1.50. The van der Waals surface area contributed by atoms with Crippen LogP contribution in [0.25, 0.3) is 0 Å². The first kappa shape index (κ1) is 11.8. The fourth-order valence-electron chi connectivity index (χ4n) is 1.18. The number of aromatic amines is 1. The second-order valence-electron chi connectivity index (χ2n) is 3.26. The molecule has 88 valence electrons. The Morgan fingerprint density at radius 3 is 2.76 bits per heavy atom. The van der Waals surface area contributed by atoms with E-state index in [1.807, 2.05) is 6.92 Å². The summed E-state index contributed by atoms with van der Waals surface area (Å²) in [6, 6.07) is 3.02. The highest BCUT2D eigenvalue weighted by Gasteiger charge is 2.14. The van der Waals surface area contributed by atoms with Crippen LogP contribution in [0, 0.1) is 6.92 Å². The summed E-state index contributed by atoms with van der Waals surface area (Å²) in [5.41, 5.74) is 0.976. The van der Waals surface area contributed by atoms with E-state index in [-0.39, 0.29) is 15.9 Å². The Balaban J connectivity index is 2.22. The Kier molecular flexibility index (Phi) is 3.26. The van der Waals surface area contributed by atoms with Gasteiger partial charge in [-0.25, -0.2) is 0 Å². The number of rotatable bonds is 2. The molecule has 6 nitrogen and oxygen atoms in total. The van der Waals surface area contributed by atoms with Crippen LogP contribution in [0.15, 0.2) is 12.1 Å². The molecule has 0 bridgehead atoms.